The predicted molar refractivity (Wildman–Crippen MR) is 70.7 cm³/mol. The Morgan fingerprint density at radius 3 is 2.81 bits per heavy atom. The number of benzene rings is 1. The highest BCUT2D eigenvalue weighted by molar-refractivity contribution is 6.31. The van der Waals surface area contributed by atoms with Crippen LogP contribution in [-0.4, -0.2) is 13.1 Å². The largest absolute Gasteiger partial charge is 0.329 e. The number of allylic oxidation sites excluding steroid dienone is 1. The highest BCUT2D eigenvalue weighted by atomic mass is 35.5. The molecule has 2 nitrogen and oxygen atoms in total. The van der Waals surface area contributed by atoms with Crippen LogP contribution in [0.2, 0.25) is 5.02 Å². The van der Waals surface area contributed by atoms with E-state index in [0.717, 1.165) is 23.6 Å². The van der Waals surface area contributed by atoms with Gasteiger partial charge in [0.15, 0.2) is 0 Å². The summed E-state index contributed by atoms with van der Waals surface area (Å²) >= 11 is 6.13. The second kappa shape index (κ2) is 7.44. The smallest absolute Gasteiger partial charge is 0.0459 e. The summed E-state index contributed by atoms with van der Waals surface area (Å²) in [5, 5.41) is 4.18. The first-order valence-corrected chi connectivity index (χ1v) is 5.96. The summed E-state index contributed by atoms with van der Waals surface area (Å²) in [5.74, 6) is 0. The quantitative estimate of drug-likeness (QED) is 0.591. The van der Waals surface area contributed by atoms with E-state index in [2.05, 4.69) is 17.5 Å². The lowest BCUT2D eigenvalue weighted by molar-refractivity contribution is 0.548. The Morgan fingerprint density at radius 1 is 1.44 bits per heavy atom. The van der Waals surface area contributed by atoms with Gasteiger partial charge in [-0.3, -0.25) is 0 Å². The molecule has 0 saturated carbocycles. The van der Waals surface area contributed by atoms with E-state index in [0.29, 0.717) is 6.54 Å². The highest BCUT2D eigenvalue weighted by Gasteiger charge is 2.10. The van der Waals surface area contributed by atoms with Gasteiger partial charge in [-0.2, -0.15) is 0 Å². The van der Waals surface area contributed by atoms with Crippen LogP contribution in [0.5, 0.6) is 0 Å². The van der Waals surface area contributed by atoms with Crippen molar-refractivity contribution in [2.75, 3.05) is 13.1 Å². The number of nitrogens with two attached hydrogens (primary N) is 1. The molecule has 3 heteroatoms. The normalized spacial score (nSPS) is 13.2. The molecule has 0 heterocycles. The lowest BCUT2D eigenvalue weighted by atomic mass is 10.1. The van der Waals surface area contributed by atoms with Gasteiger partial charge in [0.2, 0.25) is 0 Å². The number of rotatable bonds is 6. The van der Waals surface area contributed by atoms with Gasteiger partial charge in [-0.1, -0.05) is 42.0 Å². The van der Waals surface area contributed by atoms with E-state index >= 15 is 0 Å². The van der Waals surface area contributed by atoms with Crippen LogP contribution in [0.1, 0.15) is 24.9 Å². The van der Waals surface area contributed by atoms with Crippen molar-refractivity contribution in [1.29, 1.82) is 0 Å². The number of nitrogens with one attached hydrogen (secondary N) is 1. The van der Waals surface area contributed by atoms with E-state index < -0.39 is 0 Å². The lowest BCUT2D eigenvalue weighted by Gasteiger charge is -2.18. The average Bonchev–Trinajstić information content (AvgIpc) is 2.31. The van der Waals surface area contributed by atoms with Crippen LogP contribution in [0.3, 0.4) is 0 Å². The molecule has 0 fully saturated rings. The van der Waals surface area contributed by atoms with E-state index in [9.17, 15) is 0 Å². The molecule has 0 saturated heterocycles. The summed E-state index contributed by atoms with van der Waals surface area (Å²) in [6.45, 7) is 3.49. The van der Waals surface area contributed by atoms with Crippen LogP contribution >= 0.6 is 11.6 Å². The van der Waals surface area contributed by atoms with Crippen molar-refractivity contribution >= 4 is 11.6 Å². The van der Waals surface area contributed by atoms with E-state index in [1.54, 1.807) is 0 Å². The minimum absolute atomic E-state index is 0.138. The second-order valence-corrected chi connectivity index (χ2v) is 4.03. The molecule has 0 aliphatic rings. The first-order chi connectivity index (χ1) is 7.79. The molecule has 0 bridgehead atoms. The molecular weight excluding hydrogens is 220 g/mol. The molecular formula is C13H19ClN2. The molecule has 1 aromatic rings. The van der Waals surface area contributed by atoms with Gasteiger partial charge in [0.05, 0.1) is 0 Å². The molecule has 0 aliphatic carbocycles. The number of hydrogen-bond donors (Lipinski definition) is 2. The topological polar surface area (TPSA) is 38.0 Å². The Morgan fingerprint density at radius 2 is 2.19 bits per heavy atom. The summed E-state index contributed by atoms with van der Waals surface area (Å²) in [6, 6.07) is 7.96. The van der Waals surface area contributed by atoms with Crippen molar-refractivity contribution in [3.8, 4) is 0 Å². The van der Waals surface area contributed by atoms with Crippen LogP contribution in [-0.2, 0) is 0 Å². The van der Waals surface area contributed by atoms with Crippen LogP contribution < -0.4 is 11.1 Å². The van der Waals surface area contributed by atoms with Crippen LogP contribution in [0, 0.1) is 0 Å². The fourth-order valence-corrected chi connectivity index (χ4v) is 1.85. The number of hydrogen-bond acceptors (Lipinski definition) is 2. The van der Waals surface area contributed by atoms with Gasteiger partial charge < -0.3 is 11.1 Å². The zero-order valence-corrected chi connectivity index (χ0v) is 10.4. The maximum Gasteiger partial charge on any atom is 0.0459 e. The first kappa shape index (κ1) is 13.2. The summed E-state index contributed by atoms with van der Waals surface area (Å²) in [7, 11) is 0. The zero-order valence-electron chi connectivity index (χ0n) is 9.62. The van der Waals surface area contributed by atoms with Crippen LogP contribution in [0.4, 0.5) is 0 Å². The summed E-state index contributed by atoms with van der Waals surface area (Å²) in [6.07, 6.45) is 5.19. The van der Waals surface area contributed by atoms with Crippen LogP contribution in [0.15, 0.2) is 36.4 Å². The molecule has 88 valence electrons. The Kier molecular flexibility index (Phi) is 6.16. The molecule has 0 aliphatic heterocycles. The van der Waals surface area contributed by atoms with Gasteiger partial charge >= 0.3 is 0 Å². The standard InChI is InChI=1S/C13H19ClN2/c1-2-3-6-9-16-13(10-15)11-7-4-5-8-12(11)14/h2-5,7-8,13,16H,6,9-10,15H2,1H3/b3-2+. The maximum absolute atomic E-state index is 6.13. The molecule has 1 aromatic carbocycles. The van der Waals surface area contributed by atoms with E-state index in [1.807, 2.05) is 31.2 Å². The maximum atomic E-state index is 6.13. The molecule has 1 unspecified atom stereocenters. The second-order valence-electron chi connectivity index (χ2n) is 3.62. The average molecular weight is 239 g/mol. The van der Waals surface area contributed by atoms with E-state index in [4.69, 9.17) is 17.3 Å². The van der Waals surface area contributed by atoms with Crippen molar-refractivity contribution < 1.29 is 0 Å². The molecule has 3 N–H and O–H groups in total. The molecule has 1 atom stereocenters. The molecule has 0 amide bonds. The molecule has 16 heavy (non-hydrogen) atoms. The van der Waals surface area contributed by atoms with Crippen LogP contribution in [0.25, 0.3) is 0 Å². The summed E-state index contributed by atoms with van der Waals surface area (Å²) in [5.41, 5.74) is 6.83. The fourth-order valence-electron chi connectivity index (χ4n) is 1.59. The predicted octanol–water partition coefficient (Wildman–Crippen LogP) is 2.90. The van der Waals surface area contributed by atoms with Gasteiger partial charge in [0, 0.05) is 17.6 Å². The van der Waals surface area contributed by atoms with Crippen molar-refractivity contribution in [2.45, 2.75) is 19.4 Å². The highest BCUT2D eigenvalue weighted by Crippen LogP contribution is 2.21. The summed E-state index contributed by atoms with van der Waals surface area (Å²) in [4.78, 5) is 0. The minimum atomic E-state index is 0.138. The third kappa shape index (κ3) is 3.97. The van der Waals surface area contributed by atoms with Crippen molar-refractivity contribution in [1.82, 2.24) is 5.32 Å². The van der Waals surface area contributed by atoms with Gasteiger partial charge in [0.1, 0.15) is 0 Å². The Hall–Kier alpha value is -0.830. The van der Waals surface area contributed by atoms with E-state index in [1.165, 1.54) is 0 Å². The molecule has 0 radical (unpaired) electrons. The minimum Gasteiger partial charge on any atom is -0.329 e. The van der Waals surface area contributed by atoms with Gasteiger partial charge in [-0.15, -0.1) is 0 Å². The van der Waals surface area contributed by atoms with Crippen molar-refractivity contribution in [2.24, 2.45) is 5.73 Å². The third-order valence-electron chi connectivity index (χ3n) is 2.45. The molecule has 1 rings (SSSR count). The summed E-state index contributed by atoms with van der Waals surface area (Å²) < 4.78 is 0. The van der Waals surface area contributed by atoms with Gasteiger partial charge in [-0.25, -0.2) is 0 Å². The Labute approximate surface area is 102 Å². The SMILES string of the molecule is C/C=C/CCNC(CN)c1ccccc1Cl. The molecule has 0 aromatic heterocycles. The van der Waals surface area contributed by atoms with Gasteiger partial charge in [0.25, 0.3) is 0 Å². The fraction of sp³-hybridized carbons (Fsp3) is 0.385. The Balaban J connectivity index is 2.57. The van der Waals surface area contributed by atoms with E-state index in [-0.39, 0.29) is 6.04 Å². The number of halogens is 1. The van der Waals surface area contributed by atoms with Gasteiger partial charge in [-0.05, 0) is 31.5 Å². The monoisotopic (exact) mass is 238 g/mol. The lowest BCUT2D eigenvalue weighted by Crippen LogP contribution is -2.29. The molecule has 0 spiro atoms. The zero-order chi connectivity index (χ0) is 11.8. The third-order valence-corrected chi connectivity index (χ3v) is 2.80. The first-order valence-electron chi connectivity index (χ1n) is 5.58. The Bertz CT molecular complexity index is 336. The van der Waals surface area contributed by atoms with Crippen molar-refractivity contribution in [3.05, 3.63) is 47.0 Å². The van der Waals surface area contributed by atoms with Crippen molar-refractivity contribution in [3.63, 3.8) is 0 Å².